The molecule has 0 saturated heterocycles. The molecule has 0 bridgehead atoms. The fourth-order valence-corrected chi connectivity index (χ4v) is 3.20. The summed E-state index contributed by atoms with van der Waals surface area (Å²) in [5.41, 5.74) is 10.8. The van der Waals surface area contributed by atoms with Crippen molar-refractivity contribution in [2.45, 2.75) is 106 Å². The van der Waals surface area contributed by atoms with Crippen LogP contribution in [0.4, 0.5) is 11.4 Å². The average Bonchev–Trinajstić information content (AvgIpc) is 2.79. The number of aryl methyl sites for hydroxylation is 4. The lowest BCUT2D eigenvalue weighted by Crippen LogP contribution is -2.24. The number of benzene rings is 2. The predicted octanol–water partition coefficient (Wildman–Crippen LogP) is 6.44. The molecule has 228 valence electrons. The first-order chi connectivity index (χ1) is 18.7. The molecule has 41 heavy (non-hydrogen) atoms. The summed E-state index contributed by atoms with van der Waals surface area (Å²) in [5, 5.41) is 11.1. The first-order valence-electron chi connectivity index (χ1n) is 13.5. The van der Waals surface area contributed by atoms with E-state index in [1.165, 1.54) is 5.56 Å². The smallest absolute Gasteiger partial charge is 0.306 e. The largest absolute Gasteiger partial charge is 0.481 e. The zero-order valence-electron chi connectivity index (χ0n) is 26.3. The molecule has 2 rings (SSSR count). The number of amides is 1. The van der Waals surface area contributed by atoms with E-state index < -0.39 is 23.1 Å². The van der Waals surface area contributed by atoms with Crippen LogP contribution in [0.3, 0.4) is 0 Å². The van der Waals surface area contributed by atoms with Crippen molar-refractivity contribution >= 4 is 35.2 Å². The third kappa shape index (κ3) is 19.8. The van der Waals surface area contributed by atoms with Gasteiger partial charge in [0.25, 0.3) is 0 Å². The molecule has 0 atom stereocenters. The number of carbonyl (C=O) groups excluding carboxylic acids is 3. The fourth-order valence-electron chi connectivity index (χ4n) is 3.20. The van der Waals surface area contributed by atoms with Gasteiger partial charge in [-0.3, -0.25) is 19.2 Å². The minimum Gasteiger partial charge on any atom is -0.481 e. The van der Waals surface area contributed by atoms with Gasteiger partial charge >= 0.3 is 17.9 Å². The van der Waals surface area contributed by atoms with E-state index in [1.807, 2.05) is 51.1 Å². The van der Waals surface area contributed by atoms with Gasteiger partial charge in [-0.2, -0.15) is 0 Å². The first kappa shape index (κ1) is 37.1. The van der Waals surface area contributed by atoms with Crippen LogP contribution in [0.1, 0.15) is 89.5 Å². The lowest BCUT2D eigenvalue weighted by molar-refractivity contribution is -0.157. The highest BCUT2D eigenvalue weighted by Gasteiger charge is 2.18. The van der Waals surface area contributed by atoms with E-state index in [2.05, 4.69) is 18.3 Å². The summed E-state index contributed by atoms with van der Waals surface area (Å²) in [6, 6.07) is 11.8. The van der Waals surface area contributed by atoms with E-state index in [9.17, 15) is 19.2 Å². The Morgan fingerprint density at radius 2 is 1.15 bits per heavy atom. The minimum absolute atomic E-state index is 0.0629. The Morgan fingerprint density at radius 1 is 0.707 bits per heavy atom. The van der Waals surface area contributed by atoms with Crippen LogP contribution in [0.2, 0.25) is 0 Å². The highest BCUT2D eigenvalue weighted by molar-refractivity contribution is 5.93. The quantitative estimate of drug-likeness (QED) is 0.254. The van der Waals surface area contributed by atoms with Gasteiger partial charge in [-0.25, -0.2) is 0 Å². The van der Waals surface area contributed by atoms with Crippen molar-refractivity contribution in [3.8, 4) is 0 Å². The van der Waals surface area contributed by atoms with Crippen LogP contribution >= 0.6 is 0 Å². The topological polar surface area (TPSA) is 145 Å². The molecule has 0 fully saturated rings. The summed E-state index contributed by atoms with van der Waals surface area (Å²) in [7, 11) is 0. The lowest BCUT2D eigenvalue weighted by atomic mass is 10.1. The van der Waals surface area contributed by atoms with Gasteiger partial charge in [0, 0.05) is 17.8 Å². The molecule has 0 unspecified atom stereocenters. The molecule has 0 heterocycles. The molecule has 0 aliphatic heterocycles. The second-order valence-corrected chi connectivity index (χ2v) is 11.8. The van der Waals surface area contributed by atoms with Crippen LogP contribution in [0.25, 0.3) is 0 Å². The number of nitrogen functional groups attached to an aromatic ring is 1. The zero-order valence-corrected chi connectivity index (χ0v) is 26.3. The average molecular weight is 573 g/mol. The van der Waals surface area contributed by atoms with Gasteiger partial charge in [-0.15, -0.1) is 0 Å². The maximum absolute atomic E-state index is 11.8. The number of anilines is 2. The van der Waals surface area contributed by atoms with Crippen molar-refractivity contribution in [1.82, 2.24) is 0 Å². The standard InChI is InChI=1S/C16H23NO3.C8H11N.C8H14O4/c1-11-6-7-13(12(2)10-11)17-14(18)8-9-15(19)20-16(3,4)5;1-6-3-4-8(9)7(2)5-6;1-8(2,3)12-7(11)5-4-6(9)10/h6-7,10H,8-9H2,1-5H3,(H,17,18);3-5H,9H2,1-2H3;4-5H2,1-3H3,(H,9,10). The van der Waals surface area contributed by atoms with E-state index in [0.29, 0.717) is 0 Å². The van der Waals surface area contributed by atoms with Crippen LogP contribution in [-0.2, 0) is 28.7 Å². The first-order valence-corrected chi connectivity index (χ1v) is 13.5. The monoisotopic (exact) mass is 572 g/mol. The van der Waals surface area contributed by atoms with Crippen LogP contribution in [-0.4, -0.2) is 40.1 Å². The van der Waals surface area contributed by atoms with Gasteiger partial charge < -0.3 is 25.6 Å². The molecule has 9 nitrogen and oxygen atoms in total. The summed E-state index contributed by atoms with van der Waals surface area (Å²) in [6.45, 7) is 18.7. The number of carboxylic acids is 1. The Balaban J connectivity index is 0.000000645. The molecule has 9 heteroatoms. The Hall–Kier alpha value is -3.88. The maximum Gasteiger partial charge on any atom is 0.306 e. The molecule has 4 N–H and O–H groups in total. The molecule has 0 radical (unpaired) electrons. The van der Waals surface area contributed by atoms with Crippen molar-refractivity contribution in [1.29, 1.82) is 0 Å². The number of carboxylic acid groups (broad SMARTS) is 1. The minimum atomic E-state index is -0.985. The number of hydrogen-bond acceptors (Lipinski definition) is 7. The lowest BCUT2D eigenvalue weighted by Gasteiger charge is -2.19. The summed E-state index contributed by atoms with van der Waals surface area (Å²) in [5.74, 6) is -1.98. The molecule has 1 amide bonds. The number of aliphatic carboxylic acids is 1. The third-order valence-corrected chi connectivity index (χ3v) is 5.02. The van der Waals surface area contributed by atoms with Gasteiger partial charge in [0.05, 0.1) is 19.3 Å². The van der Waals surface area contributed by atoms with Crippen LogP contribution < -0.4 is 11.1 Å². The fraction of sp³-hybridized carbons (Fsp3) is 0.500. The van der Waals surface area contributed by atoms with Gasteiger partial charge in [0.15, 0.2) is 0 Å². The Labute approximate surface area is 244 Å². The molecular weight excluding hydrogens is 524 g/mol. The number of ether oxygens (including phenoxy) is 2. The molecule has 2 aromatic carbocycles. The van der Waals surface area contributed by atoms with E-state index in [-0.39, 0.29) is 37.6 Å². The van der Waals surface area contributed by atoms with Crippen molar-refractivity contribution < 1.29 is 33.8 Å². The Morgan fingerprint density at radius 3 is 1.54 bits per heavy atom. The molecule has 0 saturated carbocycles. The highest BCUT2D eigenvalue weighted by Crippen LogP contribution is 2.17. The van der Waals surface area contributed by atoms with Gasteiger partial charge in [0.2, 0.25) is 5.91 Å². The molecule has 0 spiro atoms. The van der Waals surface area contributed by atoms with Crippen molar-refractivity contribution in [2.75, 3.05) is 11.1 Å². The number of nitrogens with two attached hydrogens (primary N) is 1. The number of esters is 2. The van der Waals surface area contributed by atoms with E-state index in [4.69, 9.17) is 20.3 Å². The number of hydrogen-bond donors (Lipinski definition) is 3. The van der Waals surface area contributed by atoms with Crippen LogP contribution in [0, 0.1) is 27.7 Å². The Kier molecular flexibility index (Phi) is 15.4. The van der Waals surface area contributed by atoms with Crippen LogP contribution in [0.5, 0.6) is 0 Å². The third-order valence-electron chi connectivity index (χ3n) is 5.02. The zero-order chi connectivity index (χ0) is 32.0. The maximum atomic E-state index is 11.8. The van der Waals surface area contributed by atoms with Gasteiger partial charge in [-0.1, -0.05) is 35.4 Å². The SMILES string of the molecule is CC(C)(C)OC(=O)CCC(=O)O.Cc1ccc(N)c(C)c1.Cc1ccc(NC(=O)CCC(=O)OC(C)(C)C)c(C)c1. The van der Waals surface area contributed by atoms with E-state index >= 15 is 0 Å². The number of rotatable bonds is 7. The summed E-state index contributed by atoms with van der Waals surface area (Å²) < 4.78 is 10.0. The van der Waals surface area contributed by atoms with E-state index in [0.717, 1.165) is 28.1 Å². The number of nitrogens with one attached hydrogen (secondary N) is 1. The van der Waals surface area contributed by atoms with Crippen LogP contribution in [0.15, 0.2) is 36.4 Å². The van der Waals surface area contributed by atoms with Crippen molar-refractivity contribution in [3.63, 3.8) is 0 Å². The van der Waals surface area contributed by atoms with Crippen molar-refractivity contribution in [3.05, 3.63) is 58.7 Å². The molecule has 0 aliphatic carbocycles. The summed E-state index contributed by atoms with van der Waals surface area (Å²) >= 11 is 0. The summed E-state index contributed by atoms with van der Waals surface area (Å²) in [6.07, 6.45) is -0.0161. The molecule has 0 aliphatic rings. The van der Waals surface area contributed by atoms with Crippen molar-refractivity contribution in [2.24, 2.45) is 0 Å². The molecule has 2 aromatic rings. The summed E-state index contributed by atoms with van der Waals surface area (Å²) in [4.78, 5) is 44.3. The van der Waals surface area contributed by atoms with Gasteiger partial charge in [0.1, 0.15) is 11.2 Å². The second-order valence-electron chi connectivity index (χ2n) is 11.8. The normalized spacial score (nSPS) is 10.7. The van der Waals surface area contributed by atoms with Gasteiger partial charge in [-0.05, 0) is 92.5 Å². The Bertz CT molecular complexity index is 1180. The van der Waals surface area contributed by atoms with E-state index in [1.54, 1.807) is 41.5 Å². The highest BCUT2D eigenvalue weighted by atomic mass is 16.6. The molecular formula is C32H48N2O7. The predicted molar refractivity (Wildman–Crippen MR) is 163 cm³/mol. The number of carbonyl (C=O) groups is 4. The molecule has 0 aromatic heterocycles. The second kappa shape index (κ2) is 17.0.